The summed E-state index contributed by atoms with van der Waals surface area (Å²) in [6.45, 7) is 3.90. The first-order chi connectivity index (χ1) is 7.54. The van der Waals surface area contributed by atoms with Gasteiger partial charge in [-0.25, -0.2) is 9.97 Å². The number of nitrogens with two attached hydrogens (primary N) is 1. The number of nitrogens with one attached hydrogen (secondary N) is 1. The number of carbonyl (C=O) groups excluding carboxylic acids is 1. The Hall–Kier alpha value is -1.20. The van der Waals surface area contributed by atoms with Gasteiger partial charge in [0.05, 0.1) is 6.04 Å². The van der Waals surface area contributed by atoms with E-state index in [9.17, 15) is 4.79 Å². The quantitative estimate of drug-likeness (QED) is 0.783. The van der Waals surface area contributed by atoms with Gasteiger partial charge in [-0.2, -0.15) is 0 Å². The second-order valence-electron chi connectivity index (χ2n) is 3.60. The number of carbonyl (C=O) groups is 1. The fraction of sp³-hybridized carbons (Fsp3) is 0.500. The number of hydrogen-bond acceptors (Lipinski definition) is 4. The summed E-state index contributed by atoms with van der Waals surface area (Å²) in [4.78, 5) is 19.4. The molecular weight excluding hydrogens is 228 g/mol. The number of nitrogens with zero attached hydrogens (tertiary/aromatic N) is 2. The van der Waals surface area contributed by atoms with E-state index in [1.54, 1.807) is 0 Å². The third-order valence-electron chi connectivity index (χ3n) is 2.42. The maximum absolute atomic E-state index is 11.7. The topological polar surface area (TPSA) is 80.9 Å². The molecule has 1 aromatic heterocycles. The molecule has 16 heavy (non-hydrogen) atoms. The summed E-state index contributed by atoms with van der Waals surface area (Å²) in [6.07, 6.45) is 2.31. The molecule has 0 aliphatic heterocycles. The number of rotatable bonds is 4. The maximum Gasteiger partial charge on any atom is 0.243 e. The Morgan fingerprint density at radius 2 is 2.38 bits per heavy atom. The molecule has 0 unspecified atom stereocenters. The van der Waals surface area contributed by atoms with Crippen LogP contribution in [-0.2, 0) is 4.79 Å². The third-order valence-corrected chi connectivity index (χ3v) is 2.63. The first kappa shape index (κ1) is 12.9. The lowest BCUT2D eigenvalue weighted by molar-refractivity contribution is -0.118. The molecule has 88 valence electrons. The van der Waals surface area contributed by atoms with Crippen LogP contribution in [0.25, 0.3) is 0 Å². The maximum atomic E-state index is 11.7. The monoisotopic (exact) mass is 242 g/mol. The summed E-state index contributed by atoms with van der Waals surface area (Å²) in [5, 5.41) is 2.81. The predicted octanol–water partition coefficient (Wildman–Crippen LogP) is 1.44. The van der Waals surface area contributed by atoms with Gasteiger partial charge in [-0.05, 0) is 12.0 Å². The zero-order valence-corrected chi connectivity index (χ0v) is 10.0. The van der Waals surface area contributed by atoms with Crippen LogP contribution in [0.1, 0.15) is 20.3 Å². The fourth-order valence-electron chi connectivity index (χ4n) is 1.10. The van der Waals surface area contributed by atoms with E-state index in [0.717, 1.165) is 6.42 Å². The molecule has 0 saturated carbocycles. The lowest BCUT2D eigenvalue weighted by Gasteiger charge is -2.16. The Morgan fingerprint density at radius 1 is 1.69 bits per heavy atom. The number of hydrogen-bond donors (Lipinski definition) is 2. The Balaban J connectivity index is 2.64. The molecule has 0 bridgehead atoms. The molecule has 5 nitrogen and oxygen atoms in total. The van der Waals surface area contributed by atoms with Crippen molar-refractivity contribution in [3.05, 3.63) is 17.4 Å². The first-order valence-electron chi connectivity index (χ1n) is 5.09. The van der Waals surface area contributed by atoms with E-state index in [1.165, 1.54) is 12.3 Å². The van der Waals surface area contributed by atoms with Gasteiger partial charge < -0.3 is 5.73 Å². The molecule has 2 atom stereocenters. The highest BCUT2D eigenvalue weighted by atomic mass is 35.5. The molecule has 1 heterocycles. The van der Waals surface area contributed by atoms with E-state index in [4.69, 9.17) is 17.3 Å². The van der Waals surface area contributed by atoms with Crippen LogP contribution in [0.5, 0.6) is 0 Å². The number of anilines is 1. The summed E-state index contributed by atoms with van der Waals surface area (Å²) >= 11 is 5.66. The first-order valence-corrected chi connectivity index (χ1v) is 5.47. The van der Waals surface area contributed by atoms with Crippen molar-refractivity contribution >= 4 is 23.5 Å². The molecule has 0 aliphatic rings. The smallest absolute Gasteiger partial charge is 0.243 e. The van der Waals surface area contributed by atoms with Crippen LogP contribution >= 0.6 is 11.6 Å². The van der Waals surface area contributed by atoms with E-state index < -0.39 is 6.04 Å². The van der Waals surface area contributed by atoms with Gasteiger partial charge in [0.25, 0.3) is 0 Å². The van der Waals surface area contributed by atoms with Crippen LogP contribution in [0.4, 0.5) is 5.95 Å². The summed E-state index contributed by atoms with van der Waals surface area (Å²) in [5.41, 5.74) is 5.76. The SMILES string of the molecule is CC[C@H](C)[C@H](N)C(=O)Nc1nccc(Cl)n1. The van der Waals surface area contributed by atoms with E-state index in [0.29, 0.717) is 0 Å². The van der Waals surface area contributed by atoms with Gasteiger partial charge in [0.15, 0.2) is 0 Å². The number of aromatic nitrogens is 2. The molecule has 1 rings (SSSR count). The Kier molecular flexibility index (Phi) is 4.64. The zero-order chi connectivity index (χ0) is 12.1. The van der Waals surface area contributed by atoms with Crippen molar-refractivity contribution in [3.63, 3.8) is 0 Å². The van der Waals surface area contributed by atoms with Gasteiger partial charge in [0.1, 0.15) is 5.15 Å². The molecular formula is C10H15ClN4O. The van der Waals surface area contributed by atoms with Crippen molar-refractivity contribution in [2.24, 2.45) is 11.7 Å². The normalized spacial score (nSPS) is 14.2. The van der Waals surface area contributed by atoms with Crippen LogP contribution < -0.4 is 11.1 Å². The lowest BCUT2D eigenvalue weighted by Crippen LogP contribution is -2.41. The lowest BCUT2D eigenvalue weighted by atomic mass is 10.00. The van der Waals surface area contributed by atoms with E-state index in [2.05, 4.69) is 15.3 Å². The standard InChI is InChI=1S/C10H15ClN4O/c1-3-6(2)8(12)9(16)15-10-13-5-4-7(11)14-10/h4-6,8H,3,12H2,1-2H3,(H,13,14,15,16)/t6-,8-/m0/s1. The van der Waals surface area contributed by atoms with E-state index in [-0.39, 0.29) is 22.9 Å². The average Bonchev–Trinajstić information content (AvgIpc) is 2.27. The molecule has 0 aromatic carbocycles. The van der Waals surface area contributed by atoms with Crippen molar-refractivity contribution in [2.45, 2.75) is 26.3 Å². The van der Waals surface area contributed by atoms with Gasteiger partial charge in [0, 0.05) is 6.20 Å². The third kappa shape index (κ3) is 3.43. The molecule has 3 N–H and O–H groups in total. The summed E-state index contributed by atoms with van der Waals surface area (Å²) in [7, 11) is 0. The van der Waals surface area contributed by atoms with Crippen molar-refractivity contribution < 1.29 is 4.79 Å². The van der Waals surface area contributed by atoms with Gasteiger partial charge >= 0.3 is 0 Å². The van der Waals surface area contributed by atoms with Gasteiger partial charge in [0.2, 0.25) is 11.9 Å². The second-order valence-corrected chi connectivity index (χ2v) is 3.99. The molecule has 0 spiro atoms. The van der Waals surface area contributed by atoms with Crippen LogP contribution in [0.2, 0.25) is 5.15 Å². The van der Waals surface area contributed by atoms with Crippen molar-refractivity contribution in [2.75, 3.05) is 5.32 Å². The predicted molar refractivity (Wildman–Crippen MR) is 63.1 cm³/mol. The van der Waals surface area contributed by atoms with Crippen molar-refractivity contribution in [3.8, 4) is 0 Å². The van der Waals surface area contributed by atoms with E-state index in [1.807, 2.05) is 13.8 Å². The summed E-state index contributed by atoms with van der Waals surface area (Å²) in [5.74, 6) is -0.00736. The highest BCUT2D eigenvalue weighted by molar-refractivity contribution is 6.29. The van der Waals surface area contributed by atoms with Gasteiger partial charge in [-0.15, -0.1) is 0 Å². The summed E-state index contributed by atoms with van der Waals surface area (Å²) in [6, 6.07) is 0.971. The minimum atomic E-state index is -0.562. The van der Waals surface area contributed by atoms with Gasteiger partial charge in [-0.3, -0.25) is 10.1 Å². The Morgan fingerprint density at radius 3 is 2.94 bits per heavy atom. The highest BCUT2D eigenvalue weighted by Gasteiger charge is 2.20. The second kappa shape index (κ2) is 5.77. The Bertz CT molecular complexity index is 372. The molecule has 1 aromatic rings. The zero-order valence-electron chi connectivity index (χ0n) is 9.27. The van der Waals surface area contributed by atoms with Crippen LogP contribution in [0, 0.1) is 5.92 Å². The van der Waals surface area contributed by atoms with E-state index >= 15 is 0 Å². The molecule has 0 fully saturated rings. The van der Waals surface area contributed by atoms with Crippen LogP contribution in [0.3, 0.4) is 0 Å². The highest BCUT2D eigenvalue weighted by Crippen LogP contribution is 2.09. The summed E-state index contributed by atoms with van der Waals surface area (Å²) < 4.78 is 0. The molecule has 1 amide bonds. The number of amides is 1. The fourth-order valence-corrected chi connectivity index (χ4v) is 1.24. The minimum absolute atomic E-state index is 0.110. The van der Waals surface area contributed by atoms with Crippen molar-refractivity contribution in [1.82, 2.24) is 9.97 Å². The van der Waals surface area contributed by atoms with Crippen LogP contribution in [-0.4, -0.2) is 21.9 Å². The molecule has 0 radical (unpaired) electrons. The largest absolute Gasteiger partial charge is 0.320 e. The van der Waals surface area contributed by atoms with Crippen molar-refractivity contribution in [1.29, 1.82) is 0 Å². The average molecular weight is 243 g/mol. The van der Waals surface area contributed by atoms with Crippen LogP contribution in [0.15, 0.2) is 12.3 Å². The number of halogens is 1. The molecule has 6 heteroatoms. The Labute approximate surface area is 99.4 Å². The minimum Gasteiger partial charge on any atom is -0.320 e. The molecule has 0 aliphatic carbocycles. The van der Waals surface area contributed by atoms with Gasteiger partial charge in [-0.1, -0.05) is 31.9 Å². The molecule has 0 saturated heterocycles.